The van der Waals surface area contributed by atoms with Crippen LogP contribution in [0.4, 0.5) is 5.95 Å². The molecule has 0 atom stereocenters. The van der Waals surface area contributed by atoms with E-state index in [2.05, 4.69) is 20.3 Å². The third-order valence-corrected chi connectivity index (χ3v) is 5.47. The van der Waals surface area contributed by atoms with E-state index in [1.165, 1.54) is 0 Å². The van der Waals surface area contributed by atoms with E-state index in [1.54, 1.807) is 17.9 Å². The largest absolute Gasteiger partial charge is 0.496 e. The maximum atomic E-state index is 12.5. The minimum absolute atomic E-state index is 0.214. The number of H-pyrrole nitrogens is 1. The molecule has 2 aromatic heterocycles. The molecule has 4 N–H and O–H groups in total. The molecule has 1 saturated carbocycles. The molecular weight excluding hydrogens is 356 g/mol. The Labute approximate surface area is 163 Å². The fourth-order valence-corrected chi connectivity index (χ4v) is 3.81. The fourth-order valence-electron chi connectivity index (χ4n) is 3.81. The van der Waals surface area contributed by atoms with Gasteiger partial charge in [-0.3, -0.25) is 4.57 Å². The number of hydrogen-bond acceptors (Lipinski definition) is 6. The first-order valence-corrected chi connectivity index (χ1v) is 9.71. The Morgan fingerprint density at radius 3 is 2.86 bits per heavy atom. The molecule has 0 saturated heterocycles. The SMILES string of the molecule is COc1ccccc1Cn1c(=O)[nH]c2cnc(NCC3CCC(N)CC3)nc21. The number of nitrogens with two attached hydrogens (primary N) is 1. The Bertz CT molecular complexity index is 1000. The maximum absolute atomic E-state index is 12.5. The molecule has 8 nitrogen and oxygen atoms in total. The van der Waals surface area contributed by atoms with Gasteiger partial charge >= 0.3 is 5.69 Å². The van der Waals surface area contributed by atoms with Crippen LogP contribution in [0.5, 0.6) is 5.75 Å². The maximum Gasteiger partial charge on any atom is 0.328 e. The highest BCUT2D eigenvalue weighted by molar-refractivity contribution is 5.71. The first-order chi connectivity index (χ1) is 13.6. The molecule has 28 heavy (non-hydrogen) atoms. The minimum atomic E-state index is -0.214. The van der Waals surface area contributed by atoms with Gasteiger partial charge in [-0.15, -0.1) is 0 Å². The summed E-state index contributed by atoms with van der Waals surface area (Å²) in [5.41, 5.74) is 7.88. The van der Waals surface area contributed by atoms with Crippen LogP contribution in [0.3, 0.4) is 0 Å². The summed E-state index contributed by atoms with van der Waals surface area (Å²) in [7, 11) is 1.62. The summed E-state index contributed by atoms with van der Waals surface area (Å²) < 4.78 is 7.01. The number of hydrogen-bond donors (Lipinski definition) is 3. The molecule has 1 fully saturated rings. The molecule has 2 heterocycles. The molecule has 0 spiro atoms. The van der Waals surface area contributed by atoms with Crippen molar-refractivity contribution in [3.8, 4) is 5.75 Å². The molecule has 1 aliphatic rings. The van der Waals surface area contributed by atoms with Gasteiger partial charge in [-0.25, -0.2) is 9.78 Å². The van der Waals surface area contributed by atoms with Gasteiger partial charge in [0.05, 0.1) is 19.9 Å². The monoisotopic (exact) mass is 382 g/mol. The molecule has 0 radical (unpaired) electrons. The second-order valence-electron chi connectivity index (χ2n) is 7.42. The van der Waals surface area contributed by atoms with E-state index in [9.17, 15) is 4.79 Å². The summed E-state index contributed by atoms with van der Waals surface area (Å²) in [6.45, 7) is 1.19. The van der Waals surface area contributed by atoms with E-state index in [4.69, 9.17) is 10.5 Å². The zero-order valence-electron chi connectivity index (χ0n) is 16.0. The number of nitrogens with one attached hydrogen (secondary N) is 2. The topological polar surface area (TPSA) is 111 Å². The molecule has 4 rings (SSSR count). The van der Waals surface area contributed by atoms with Crippen molar-refractivity contribution in [2.75, 3.05) is 19.0 Å². The second kappa shape index (κ2) is 8.02. The highest BCUT2D eigenvalue weighted by atomic mass is 16.5. The number of ether oxygens (including phenoxy) is 1. The Morgan fingerprint density at radius 1 is 1.29 bits per heavy atom. The molecule has 1 aromatic carbocycles. The van der Waals surface area contributed by atoms with Crippen LogP contribution < -0.4 is 21.5 Å². The average molecular weight is 382 g/mol. The third kappa shape index (κ3) is 3.87. The zero-order chi connectivity index (χ0) is 19.5. The summed E-state index contributed by atoms with van der Waals surface area (Å²) in [4.78, 5) is 24.2. The van der Waals surface area contributed by atoms with Crippen molar-refractivity contribution in [1.29, 1.82) is 0 Å². The van der Waals surface area contributed by atoms with Crippen molar-refractivity contribution < 1.29 is 4.74 Å². The highest BCUT2D eigenvalue weighted by Gasteiger charge is 2.19. The summed E-state index contributed by atoms with van der Waals surface area (Å²) >= 11 is 0. The lowest BCUT2D eigenvalue weighted by Gasteiger charge is -2.26. The van der Waals surface area contributed by atoms with E-state index in [0.717, 1.165) is 43.5 Å². The fraction of sp³-hybridized carbons (Fsp3) is 0.450. The molecule has 0 amide bonds. The standard InChI is InChI=1S/C20H26N6O2/c1-28-17-5-3-2-4-14(17)12-26-18-16(24-20(26)27)11-23-19(25-18)22-10-13-6-8-15(21)9-7-13/h2-5,11,13,15H,6-10,12,21H2,1H3,(H,24,27)(H,22,23,25). The van der Waals surface area contributed by atoms with Gasteiger partial charge in [-0.1, -0.05) is 18.2 Å². The number of rotatable bonds is 6. The van der Waals surface area contributed by atoms with Crippen LogP contribution in [0.1, 0.15) is 31.2 Å². The van der Waals surface area contributed by atoms with Crippen molar-refractivity contribution in [3.63, 3.8) is 0 Å². The predicted molar refractivity (Wildman–Crippen MR) is 109 cm³/mol. The molecule has 1 aliphatic carbocycles. The van der Waals surface area contributed by atoms with Crippen molar-refractivity contribution in [3.05, 3.63) is 46.5 Å². The zero-order valence-corrected chi connectivity index (χ0v) is 16.0. The first-order valence-electron chi connectivity index (χ1n) is 9.71. The molecule has 0 unspecified atom stereocenters. The third-order valence-electron chi connectivity index (χ3n) is 5.47. The van der Waals surface area contributed by atoms with Gasteiger partial charge in [0, 0.05) is 18.2 Å². The number of aromatic nitrogens is 4. The molecule has 148 valence electrons. The predicted octanol–water partition coefficient (Wildman–Crippen LogP) is 2.11. The van der Waals surface area contributed by atoms with Crippen LogP contribution in [-0.2, 0) is 6.54 Å². The van der Waals surface area contributed by atoms with Crippen LogP contribution in [0.25, 0.3) is 11.2 Å². The number of nitrogens with zero attached hydrogens (tertiary/aromatic N) is 3. The average Bonchev–Trinajstić information content (AvgIpc) is 3.02. The van der Waals surface area contributed by atoms with Crippen molar-refractivity contribution in [2.45, 2.75) is 38.3 Å². The number of imidazole rings is 1. The smallest absolute Gasteiger partial charge is 0.328 e. The lowest BCUT2D eigenvalue weighted by molar-refractivity contribution is 0.338. The number of anilines is 1. The van der Waals surface area contributed by atoms with Crippen molar-refractivity contribution >= 4 is 17.1 Å². The van der Waals surface area contributed by atoms with Gasteiger partial charge in [0.2, 0.25) is 5.95 Å². The number of methoxy groups -OCH3 is 1. The molecular formula is C20H26N6O2. The molecule has 0 aliphatic heterocycles. The van der Waals surface area contributed by atoms with Gasteiger partial charge in [0.15, 0.2) is 5.65 Å². The number of benzene rings is 1. The number of para-hydroxylation sites is 1. The lowest BCUT2D eigenvalue weighted by atomic mass is 9.86. The Balaban J connectivity index is 1.55. The number of fused-ring (bicyclic) bond motifs is 1. The van der Waals surface area contributed by atoms with Crippen molar-refractivity contribution in [1.82, 2.24) is 19.5 Å². The molecule has 3 aromatic rings. The Kier molecular flexibility index (Phi) is 5.29. The van der Waals surface area contributed by atoms with Gasteiger partial charge < -0.3 is 20.8 Å². The van der Waals surface area contributed by atoms with Crippen LogP contribution in [-0.4, -0.2) is 39.2 Å². The summed E-state index contributed by atoms with van der Waals surface area (Å²) in [6, 6.07) is 8.00. The summed E-state index contributed by atoms with van der Waals surface area (Å²) in [6.07, 6.45) is 6.05. The van der Waals surface area contributed by atoms with E-state index in [1.807, 2.05) is 24.3 Å². The number of aromatic amines is 1. The van der Waals surface area contributed by atoms with Gasteiger partial charge in [0.1, 0.15) is 11.3 Å². The van der Waals surface area contributed by atoms with E-state index < -0.39 is 0 Å². The van der Waals surface area contributed by atoms with Crippen LogP contribution >= 0.6 is 0 Å². The summed E-state index contributed by atoms with van der Waals surface area (Å²) in [5, 5.41) is 3.33. The van der Waals surface area contributed by atoms with E-state index >= 15 is 0 Å². The van der Waals surface area contributed by atoms with Crippen LogP contribution in [0, 0.1) is 5.92 Å². The molecule has 0 bridgehead atoms. The van der Waals surface area contributed by atoms with Crippen LogP contribution in [0.15, 0.2) is 35.3 Å². The van der Waals surface area contributed by atoms with Gasteiger partial charge in [0.25, 0.3) is 0 Å². The minimum Gasteiger partial charge on any atom is -0.496 e. The van der Waals surface area contributed by atoms with E-state index in [0.29, 0.717) is 35.6 Å². The van der Waals surface area contributed by atoms with E-state index in [-0.39, 0.29) is 5.69 Å². The van der Waals surface area contributed by atoms with Gasteiger partial charge in [-0.2, -0.15) is 4.98 Å². The van der Waals surface area contributed by atoms with Crippen LogP contribution in [0.2, 0.25) is 0 Å². The quantitative estimate of drug-likeness (QED) is 0.602. The highest BCUT2D eigenvalue weighted by Crippen LogP contribution is 2.23. The van der Waals surface area contributed by atoms with Gasteiger partial charge in [-0.05, 0) is 37.7 Å². The Hall–Kier alpha value is -2.87. The Morgan fingerprint density at radius 2 is 2.07 bits per heavy atom. The van der Waals surface area contributed by atoms with Crippen molar-refractivity contribution in [2.24, 2.45) is 11.7 Å². The summed E-state index contributed by atoms with van der Waals surface area (Å²) in [5.74, 6) is 1.86. The first kappa shape index (κ1) is 18.5. The normalized spacial score (nSPS) is 19.6. The lowest BCUT2D eigenvalue weighted by Crippen LogP contribution is -2.29. The molecule has 8 heteroatoms. The second-order valence-corrected chi connectivity index (χ2v) is 7.42.